The number of aliphatic hydroxyl groups excluding tert-OH is 1. The molecule has 0 spiro atoms. The second-order valence-electron chi connectivity index (χ2n) is 6.37. The zero-order chi connectivity index (χ0) is 15.0. The van der Waals surface area contributed by atoms with Crippen molar-refractivity contribution < 1.29 is 24.5 Å². The van der Waals surface area contributed by atoms with Crippen LogP contribution in [0.15, 0.2) is 0 Å². The van der Waals surface area contributed by atoms with Crippen molar-refractivity contribution in [2.45, 2.75) is 56.8 Å². The Morgan fingerprint density at radius 1 is 1.10 bits per heavy atom. The predicted octanol–water partition coefficient (Wildman–Crippen LogP) is 0.628. The lowest BCUT2D eigenvalue weighted by Gasteiger charge is -2.39. The van der Waals surface area contributed by atoms with Gasteiger partial charge in [0, 0.05) is 19.2 Å². The van der Waals surface area contributed by atoms with Crippen LogP contribution in [-0.2, 0) is 14.3 Å². The van der Waals surface area contributed by atoms with Crippen LogP contribution in [0.25, 0.3) is 0 Å². The number of carbonyl (C=O) groups excluding carboxylic acids is 1. The van der Waals surface area contributed by atoms with E-state index >= 15 is 0 Å². The zero-order valence-corrected chi connectivity index (χ0v) is 12.1. The van der Waals surface area contributed by atoms with E-state index in [0.29, 0.717) is 13.0 Å². The van der Waals surface area contributed by atoms with E-state index in [9.17, 15) is 19.8 Å². The first-order valence-corrected chi connectivity index (χ1v) is 7.93. The molecule has 0 aromatic heterocycles. The Morgan fingerprint density at radius 2 is 1.81 bits per heavy atom. The molecule has 6 nitrogen and oxygen atoms in total. The highest BCUT2D eigenvalue weighted by Crippen LogP contribution is 2.45. The van der Waals surface area contributed by atoms with Crippen molar-refractivity contribution in [3.8, 4) is 0 Å². The van der Waals surface area contributed by atoms with Gasteiger partial charge in [0.2, 0.25) is 5.91 Å². The van der Waals surface area contributed by atoms with Gasteiger partial charge >= 0.3 is 5.97 Å². The molecule has 3 aliphatic rings. The predicted molar refractivity (Wildman–Crippen MR) is 73.6 cm³/mol. The van der Waals surface area contributed by atoms with E-state index in [-0.39, 0.29) is 30.8 Å². The smallest absolute Gasteiger partial charge is 0.310 e. The highest BCUT2D eigenvalue weighted by molar-refractivity contribution is 5.87. The molecule has 3 rings (SSSR count). The van der Waals surface area contributed by atoms with Crippen molar-refractivity contribution in [1.82, 2.24) is 4.90 Å². The summed E-state index contributed by atoms with van der Waals surface area (Å²) in [6, 6.07) is 0.0461. The average molecular weight is 297 g/mol. The Hall–Kier alpha value is -1.14. The molecule has 0 radical (unpaired) electrons. The van der Waals surface area contributed by atoms with Crippen LogP contribution in [-0.4, -0.2) is 58.4 Å². The Labute approximate surface area is 124 Å². The fraction of sp³-hybridized carbons (Fsp3) is 0.867. The van der Waals surface area contributed by atoms with Crippen LogP contribution < -0.4 is 0 Å². The molecule has 0 aromatic carbocycles. The summed E-state index contributed by atoms with van der Waals surface area (Å²) in [5, 5.41) is 18.6. The minimum absolute atomic E-state index is 0.0461. The molecule has 3 heterocycles. The molecule has 21 heavy (non-hydrogen) atoms. The normalized spacial score (nSPS) is 38.7. The van der Waals surface area contributed by atoms with Gasteiger partial charge in [-0.2, -0.15) is 0 Å². The van der Waals surface area contributed by atoms with Gasteiger partial charge in [0.1, 0.15) is 0 Å². The first-order chi connectivity index (χ1) is 10.1. The van der Waals surface area contributed by atoms with Crippen LogP contribution in [0.4, 0.5) is 0 Å². The van der Waals surface area contributed by atoms with Gasteiger partial charge in [-0.05, 0) is 38.5 Å². The highest BCUT2D eigenvalue weighted by Gasteiger charge is 2.56. The number of fused-ring (bicyclic) bond motifs is 2. The largest absolute Gasteiger partial charge is 0.481 e. The van der Waals surface area contributed by atoms with Crippen LogP contribution in [0.2, 0.25) is 0 Å². The summed E-state index contributed by atoms with van der Waals surface area (Å²) in [6.07, 6.45) is 4.46. The van der Waals surface area contributed by atoms with E-state index in [4.69, 9.17) is 4.74 Å². The number of likely N-dealkylation sites (tertiary alicyclic amines) is 1. The number of hydrogen-bond acceptors (Lipinski definition) is 4. The first kappa shape index (κ1) is 14.8. The first-order valence-electron chi connectivity index (χ1n) is 7.93. The van der Waals surface area contributed by atoms with Gasteiger partial charge in [0.05, 0.1) is 24.0 Å². The molecule has 2 bridgehead atoms. The number of piperidine rings is 1. The van der Waals surface area contributed by atoms with E-state index in [1.165, 1.54) is 0 Å². The number of ether oxygens (including phenoxy) is 1. The highest BCUT2D eigenvalue weighted by atomic mass is 16.5. The van der Waals surface area contributed by atoms with Gasteiger partial charge in [-0.15, -0.1) is 0 Å². The van der Waals surface area contributed by atoms with Crippen molar-refractivity contribution in [3.05, 3.63) is 0 Å². The molecule has 0 saturated carbocycles. The van der Waals surface area contributed by atoms with Gasteiger partial charge in [-0.25, -0.2) is 0 Å². The Bertz CT molecular complexity index is 424. The van der Waals surface area contributed by atoms with Crippen molar-refractivity contribution in [2.24, 2.45) is 11.8 Å². The summed E-state index contributed by atoms with van der Waals surface area (Å²) < 4.78 is 5.69. The molecule has 3 saturated heterocycles. The maximum Gasteiger partial charge on any atom is 0.310 e. The molecular weight excluding hydrogens is 274 g/mol. The summed E-state index contributed by atoms with van der Waals surface area (Å²) in [4.78, 5) is 26.2. The van der Waals surface area contributed by atoms with Crippen molar-refractivity contribution in [2.75, 3.05) is 13.2 Å². The number of carboxylic acids is 1. The summed E-state index contributed by atoms with van der Waals surface area (Å²) in [5.74, 6) is -2.24. The SMILES string of the molecule is O=C(O)C1C(C(=O)N2CCCCC2CCO)[C@@H]2CC[C@H]1O2. The van der Waals surface area contributed by atoms with Gasteiger partial charge in [0.15, 0.2) is 0 Å². The quantitative estimate of drug-likeness (QED) is 0.794. The van der Waals surface area contributed by atoms with Crippen LogP contribution in [0, 0.1) is 11.8 Å². The summed E-state index contributed by atoms with van der Waals surface area (Å²) in [7, 11) is 0. The Morgan fingerprint density at radius 3 is 2.48 bits per heavy atom. The number of aliphatic hydroxyl groups is 1. The second-order valence-corrected chi connectivity index (χ2v) is 6.37. The number of carboxylic acid groups (broad SMARTS) is 1. The Kier molecular flexibility index (Phi) is 4.17. The molecular formula is C15H23NO5. The summed E-state index contributed by atoms with van der Waals surface area (Å²) in [6.45, 7) is 0.730. The third-order valence-electron chi connectivity index (χ3n) is 5.22. The number of nitrogens with zero attached hydrogens (tertiary/aromatic N) is 1. The molecule has 3 unspecified atom stereocenters. The second kappa shape index (κ2) is 5.93. The lowest BCUT2D eigenvalue weighted by molar-refractivity contribution is -0.152. The molecule has 6 heteroatoms. The minimum atomic E-state index is -0.920. The van der Waals surface area contributed by atoms with E-state index in [1.807, 2.05) is 4.90 Å². The maximum atomic E-state index is 12.9. The standard InChI is InChI=1S/C15H23NO5/c17-8-6-9-3-1-2-7-16(9)14(18)12-10-4-5-11(21-10)13(12)15(19)20/h9-13,17H,1-8H2,(H,19,20)/t9?,10-,11+,12?,13?/m0/s1. The zero-order valence-electron chi connectivity index (χ0n) is 12.1. The van der Waals surface area contributed by atoms with Crippen molar-refractivity contribution in [1.29, 1.82) is 0 Å². The number of amides is 1. The lowest BCUT2D eigenvalue weighted by Crippen LogP contribution is -2.51. The fourth-order valence-corrected chi connectivity index (χ4v) is 4.24. The van der Waals surface area contributed by atoms with Crippen molar-refractivity contribution in [3.63, 3.8) is 0 Å². The number of aliphatic carboxylic acids is 1. The third kappa shape index (κ3) is 2.55. The van der Waals surface area contributed by atoms with Crippen molar-refractivity contribution >= 4 is 11.9 Å². The van der Waals surface area contributed by atoms with E-state index in [1.54, 1.807) is 0 Å². The van der Waals surface area contributed by atoms with Crippen LogP contribution in [0.5, 0.6) is 0 Å². The maximum absolute atomic E-state index is 12.9. The molecule has 3 fully saturated rings. The monoisotopic (exact) mass is 297 g/mol. The number of hydrogen-bond donors (Lipinski definition) is 2. The van der Waals surface area contributed by atoms with Gasteiger partial charge < -0.3 is 19.8 Å². The van der Waals surface area contributed by atoms with Gasteiger partial charge in [-0.3, -0.25) is 9.59 Å². The van der Waals surface area contributed by atoms with Gasteiger partial charge in [0.25, 0.3) is 0 Å². The topological polar surface area (TPSA) is 87.1 Å². The minimum Gasteiger partial charge on any atom is -0.481 e. The summed E-state index contributed by atoms with van der Waals surface area (Å²) >= 11 is 0. The molecule has 5 atom stereocenters. The average Bonchev–Trinajstić information content (AvgIpc) is 3.08. The molecule has 3 aliphatic heterocycles. The fourth-order valence-electron chi connectivity index (χ4n) is 4.24. The van der Waals surface area contributed by atoms with Crippen LogP contribution in [0.3, 0.4) is 0 Å². The van der Waals surface area contributed by atoms with Crippen LogP contribution in [0.1, 0.15) is 38.5 Å². The van der Waals surface area contributed by atoms with E-state index in [2.05, 4.69) is 0 Å². The van der Waals surface area contributed by atoms with E-state index in [0.717, 1.165) is 32.1 Å². The number of carbonyl (C=O) groups is 2. The van der Waals surface area contributed by atoms with E-state index < -0.39 is 17.8 Å². The third-order valence-corrected chi connectivity index (χ3v) is 5.22. The molecule has 2 N–H and O–H groups in total. The van der Waals surface area contributed by atoms with Gasteiger partial charge in [-0.1, -0.05) is 0 Å². The molecule has 0 aromatic rings. The lowest BCUT2D eigenvalue weighted by atomic mass is 9.78. The van der Waals surface area contributed by atoms with Crippen LogP contribution >= 0.6 is 0 Å². The molecule has 1 amide bonds. The Balaban J connectivity index is 1.78. The molecule has 0 aliphatic carbocycles. The summed E-state index contributed by atoms with van der Waals surface area (Å²) in [5.41, 5.74) is 0. The molecule has 118 valence electrons. The number of rotatable bonds is 4.